The van der Waals surface area contributed by atoms with Crippen LogP contribution in [0, 0.1) is 6.92 Å². The normalized spacial score (nSPS) is 24.3. The van der Waals surface area contributed by atoms with Crippen molar-refractivity contribution in [3.05, 3.63) is 29.8 Å². The summed E-state index contributed by atoms with van der Waals surface area (Å²) in [4.78, 5) is 28.6. The molecule has 0 bridgehead atoms. The van der Waals surface area contributed by atoms with Crippen molar-refractivity contribution in [1.29, 1.82) is 0 Å². The van der Waals surface area contributed by atoms with E-state index in [4.69, 9.17) is 0 Å². The number of nitrogens with one attached hydrogen (secondary N) is 1. The molecule has 2 aliphatic heterocycles. The highest BCUT2D eigenvalue weighted by Gasteiger charge is 2.34. The molecule has 0 spiro atoms. The van der Waals surface area contributed by atoms with E-state index in [1.807, 2.05) is 36.1 Å². The van der Waals surface area contributed by atoms with Gasteiger partial charge in [0.25, 0.3) is 0 Å². The quantitative estimate of drug-likeness (QED) is 0.926. The Morgan fingerprint density at radius 1 is 1.25 bits per heavy atom. The molecule has 1 aromatic carbocycles. The van der Waals surface area contributed by atoms with Crippen molar-refractivity contribution in [2.75, 3.05) is 18.0 Å². The molecule has 0 aromatic heterocycles. The van der Waals surface area contributed by atoms with Gasteiger partial charge in [-0.05, 0) is 44.7 Å². The van der Waals surface area contributed by atoms with E-state index in [0.717, 1.165) is 31.5 Å². The number of rotatable bonds is 3. The standard InChI is InChI=1S/C19H27N3O2/c1-3-16-6-4-5-11-21(16)19(24)20-15-12-18(23)22(13-15)17-9-7-14(2)8-10-17/h7-10,15-16H,3-6,11-13H2,1-2H3,(H,20,24)/t15-,16+/m0/s1. The highest BCUT2D eigenvalue weighted by atomic mass is 16.2. The van der Waals surface area contributed by atoms with Gasteiger partial charge in [-0.1, -0.05) is 24.6 Å². The molecule has 0 radical (unpaired) electrons. The third-order valence-corrected chi connectivity index (χ3v) is 5.16. The number of amides is 3. The van der Waals surface area contributed by atoms with Crippen molar-refractivity contribution in [1.82, 2.24) is 10.2 Å². The van der Waals surface area contributed by atoms with Crippen LogP contribution in [0.5, 0.6) is 0 Å². The summed E-state index contributed by atoms with van der Waals surface area (Å²) >= 11 is 0. The van der Waals surface area contributed by atoms with Gasteiger partial charge in [-0.3, -0.25) is 4.79 Å². The number of hydrogen-bond donors (Lipinski definition) is 1. The summed E-state index contributed by atoms with van der Waals surface area (Å²) in [6.07, 6.45) is 4.73. The van der Waals surface area contributed by atoms with Crippen LogP contribution >= 0.6 is 0 Å². The molecule has 0 unspecified atom stereocenters. The second-order valence-electron chi connectivity index (χ2n) is 6.94. The third kappa shape index (κ3) is 3.55. The van der Waals surface area contributed by atoms with Crippen LogP contribution in [0.1, 0.15) is 44.6 Å². The van der Waals surface area contributed by atoms with Gasteiger partial charge in [0, 0.05) is 31.2 Å². The summed E-state index contributed by atoms with van der Waals surface area (Å²) in [5.74, 6) is 0.0786. The van der Waals surface area contributed by atoms with E-state index in [9.17, 15) is 9.59 Å². The lowest BCUT2D eigenvalue weighted by Crippen LogP contribution is -2.51. The Balaban J connectivity index is 1.61. The number of piperidine rings is 1. The minimum Gasteiger partial charge on any atom is -0.333 e. The number of aryl methyl sites for hydroxylation is 1. The molecule has 2 heterocycles. The van der Waals surface area contributed by atoms with Crippen molar-refractivity contribution in [3.8, 4) is 0 Å². The lowest BCUT2D eigenvalue weighted by Gasteiger charge is -2.35. The number of likely N-dealkylation sites (tertiary alicyclic amines) is 1. The van der Waals surface area contributed by atoms with E-state index in [2.05, 4.69) is 12.2 Å². The van der Waals surface area contributed by atoms with Crippen LogP contribution in [0.15, 0.2) is 24.3 Å². The Morgan fingerprint density at radius 3 is 2.71 bits per heavy atom. The largest absolute Gasteiger partial charge is 0.333 e. The first-order chi connectivity index (χ1) is 11.6. The van der Waals surface area contributed by atoms with Crippen LogP contribution in [0.4, 0.5) is 10.5 Å². The zero-order valence-corrected chi connectivity index (χ0v) is 14.6. The molecule has 2 saturated heterocycles. The van der Waals surface area contributed by atoms with Crippen LogP contribution in [-0.2, 0) is 4.79 Å². The number of carbonyl (C=O) groups is 2. The van der Waals surface area contributed by atoms with Gasteiger partial charge in [-0.2, -0.15) is 0 Å². The summed E-state index contributed by atoms with van der Waals surface area (Å²) in [7, 11) is 0. The maximum absolute atomic E-state index is 12.6. The molecule has 2 fully saturated rings. The van der Waals surface area contributed by atoms with E-state index in [1.165, 1.54) is 12.0 Å². The lowest BCUT2D eigenvalue weighted by molar-refractivity contribution is -0.117. The van der Waals surface area contributed by atoms with Gasteiger partial charge in [0.05, 0.1) is 6.04 Å². The van der Waals surface area contributed by atoms with E-state index in [0.29, 0.717) is 19.0 Å². The monoisotopic (exact) mass is 329 g/mol. The molecule has 2 aliphatic rings. The fourth-order valence-corrected chi connectivity index (χ4v) is 3.73. The van der Waals surface area contributed by atoms with Gasteiger partial charge in [0.2, 0.25) is 5.91 Å². The fourth-order valence-electron chi connectivity index (χ4n) is 3.73. The molecule has 2 atom stereocenters. The van der Waals surface area contributed by atoms with Crippen molar-refractivity contribution >= 4 is 17.6 Å². The fraction of sp³-hybridized carbons (Fsp3) is 0.579. The minimum atomic E-state index is -0.106. The Hall–Kier alpha value is -2.04. The highest BCUT2D eigenvalue weighted by molar-refractivity contribution is 5.96. The second-order valence-corrected chi connectivity index (χ2v) is 6.94. The van der Waals surface area contributed by atoms with Gasteiger partial charge >= 0.3 is 6.03 Å². The smallest absolute Gasteiger partial charge is 0.317 e. The van der Waals surface area contributed by atoms with Crippen LogP contribution in [0.25, 0.3) is 0 Å². The van der Waals surface area contributed by atoms with E-state index in [1.54, 1.807) is 4.90 Å². The van der Waals surface area contributed by atoms with Crippen molar-refractivity contribution in [2.45, 2.75) is 58.0 Å². The molecule has 3 amide bonds. The molecule has 5 heteroatoms. The summed E-state index contributed by atoms with van der Waals surface area (Å²) in [5, 5.41) is 3.08. The highest BCUT2D eigenvalue weighted by Crippen LogP contribution is 2.23. The van der Waals surface area contributed by atoms with Crippen LogP contribution in [0.3, 0.4) is 0 Å². The number of nitrogens with zero attached hydrogens (tertiary/aromatic N) is 2. The molecule has 1 aromatic rings. The molecule has 1 N–H and O–H groups in total. The van der Waals surface area contributed by atoms with E-state index >= 15 is 0 Å². The predicted octanol–water partition coefficient (Wildman–Crippen LogP) is 3.07. The number of benzene rings is 1. The Labute approximate surface area is 144 Å². The molecule has 0 saturated carbocycles. The molecule has 5 nitrogen and oxygen atoms in total. The van der Waals surface area contributed by atoms with E-state index < -0.39 is 0 Å². The first kappa shape index (κ1) is 16.8. The van der Waals surface area contributed by atoms with E-state index in [-0.39, 0.29) is 18.0 Å². The molecule has 0 aliphatic carbocycles. The summed E-state index contributed by atoms with van der Waals surface area (Å²) in [5.41, 5.74) is 2.08. The van der Waals surface area contributed by atoms with Crippen LogP contribution in [0.2, 0.25) is 0 Å². The molecule has 24 heavy (non-hydrogen) atoms. The van der Waals surface area contributed by atoms with Crippen molar-refractivity contribution in [2.24, 2.45) is 0 Å². The summed E-state index contributed by atoms with van der Waals surface area (Å²) in [6, 6.07) is 8.17. The number of urea groups is 1. The van der Waals surface area contributed by atoms with Gasteiger partial charge in [0.15, 0.2) is 0 Å². The first-order valence-electron chi connectivity index (χ1n) is 9.02. The van der Waals surface area contributed by atoms with Crippen molar-refractivity contribution < 1.29 is 9.59 Å². The third-order valence-electron chi connectivity index (χ3n) is 5.16. The Kier molecular flexibility index (Phi) is 5.07. The molecule has 3 rings (SSSR count). The molecular weight excluding hydrogens is 302 g/mol. The maximum atomic E-state index is 12.6. The minimum absolute atomic E-state index is 0.00916. The number of hydrogen-bond acceptors (Lipinski definition) is 2. The second kappa shape index (κ2) is 7.24. The maximum Gasteiger partial charge on any atom is 0.317 e. The molecular formula is C19H27N3O2. The van der Waals surface area contributed by atoms with Gasteiger partial charge in [-0.25, -0.2) is 4.79 Å². The average Bonchev–Trinajstić information content (AvgIpc) is 2.95. The Morgan fingerprint density at radius 2 is 2.00 bits per heavy atom. The van der Waals surface area contributed by atoms with Crippen molar-refractivity contribution in [3.63, 3.8) is 0 Å². The SMILES string of the molecule is CC[C@@H]1CCCCN1C(=O)N[C@H]1CC(=O)N(c2ccc(C)cc2)C1. The molecule has 130 valence electrons. The zero-order chi connectivity index (χ0) is 17.1. The summed E-state index contributed by atoms with van der Waals surface area (Å²) < 4.78 is 0. The zero-order valence-electron chi connectivity index (χ0n) is 14.6. The van der Waals surface area contributed by atoms with Crippen LogP contribution < -0.4 is 10.2 Å². The van der Waals surface area contributed by atoms with Gasteiger partial charge < -0.3 is 15.1 Å². The number of anilines is 1. The average molecular weight is 329 g/mol. The van der Waals surface area contributed by atoms with Crippen LogP contribution in [-0.4, -0.2) is 42.0 Å². The van der Waals surface area contributed by atoms with Gasteiger partial charge in [-0.15, -0.1) is 0 Å². The number of carbonyl (C=O) groups excluding carboxylic acids is 2. The first-order valence-corrected chi connectivity index (χ1v) is 9.02. The van der Waals surface area contributed by atoms with Gasteiger partial charge in [0.1, 0.15) is 0 Å². The summed E-state index contributed by atoms with van der Waals surface area (Å²) in [6.45, 7) is 5.54. The Bertz CT molecular complexity index is 599. The lowest BCUT2D eigenvalue weighted by atomic mass is 10.0. The topological polar surface area (TPSA) is 52.7 Å². The predicted molar refractivity (Wildman–Crippen MR) is 95.1 cm³/mol.